The molecule has 1 fully saturated rings. The van der Waals surface area contributed by atoms with Crippen molar-refractivity contribution in [3.05, 3.63) is 76.6 Å². The first-order chi connectivity index (χ1) is 15.6. The number of halogens is 6. The highest BCUT2D eigenvalue weighted by molar-refractivity contribution is 6.30. The summed E-state index contributed by atoms with van der Waals surface area (Å²) >= 11 is 5.88. The normalized spacial score (nSPS) is 16.3. The van der Waals surface area contributed by atoms with Crippen LogP contribution < -0.4 is 10.2 Å². The van der Waals surface area contributed by atoms with Crippen molar-refractivity contribution >= 4 is 23.2 Å². The molecule has 1 saturated heterocycles. The Kier molecular flexibility index (Phi) is 6.29. The van der Waals surface area contributed by atoms with E-state index in [4.69, 9.17) is 11.6 Å². The summed E-state index contributed by atoms with van der Waals surface area (Å²) in [6.45, 7) is 1.12. The van der Waals surface area contributed by atoms with Gasteiger partial charge in [0.2, 0.25) is 0 Å². The Balaban J connectivity index is 1.46. The largest absolute Gasteiger partial charge is 0.434 e. The summed E-state index contributed by atoms with van der Waals surface area (Å²) in [6.07, 6.45) is -3.32. The smallest absolute Gasteiger partial charge is 0.371 e. The van der Waals surface area contributed by atoms with Crippen molar-refractivity contribution in [1.29, 1.82) is 0 Å². The molecule has 0 radical (unpaired) electrons. The van der Waals surface area contributed by atoms with Crippen molar-refractivity contribution in [3.63, 3.8) is 0 Å². The SMILES string of the molecule is O=C(NCC1CCN(c2ccc(F)c(F)c2)C1)c1cnn(-c2cccc(Cl)c2)c1C(F)(F)F. The second kappa shape index (κ2) is 9.01. The summed E-state index contributed by atoms with van der Waals surface area (Å²) in [4.78, 5) is 14.4. The van der Waals surface area contributed by atoms with Crippen molar-refractivity contribution in [3.8, 4) is 5.69 Å². The molecule has 1 aliphatic rings. The molecule has 3 aromatic rings. The van der Waals surface area contributed by atoms with E-state index in [0.717, 1.165) is 18.3 Å². The zero-order chi connectivity index (χ0) is 23.8. The Bertz CT molecular complexity index is 1180. The number of hydrogen-bond donors (Lipinski definition) is 1. The molecule has 1 N–H and O–H groups in total. The number of aromatic nitrogens is 2. The van der Waals surface area contributed by atoms with E-state index in [1.54, 1.807) is 0 Å². The maximum atomic E-state index is 13.8. The maximum absolute atomic E-state index is 13.8. The lowest BCUT2D eigenvalue weighted by atomic mass is 10.1. The van der Waals surface area contributed by atoms with Gasteiger partial charge in [0.25, 0.3) is 5.91 Å². The highest BCUT2D eigenvalue weighted by Crippen LogP contribution is 2.34. The fourth-order valence-corrected chi connectivity index (χ4v) is 4.02. The van der Waals surface area contributed by atoms with Gasteiger partial charge in [-0.1, -0.05) is 17.7 Å². The van der Waals surface area contributed by atoms with Crippen LogP contribution in [-0.4, -0.2) is 35.3 Å². The molecule has 0 aliphatic carbocycles. The fourth-order valence-electron chi connectivity index (χ4n) is 3.84. The van der Waals surface area contributed by atoms with E-state index < -0.39 is 35.0 Å². The predicted molar refractivity (Wildman–Crippen MR) is 113 cm³/mol. The molecule has 1 unspecified atom stereocenters. The monoisotopic (exact) mass is 484 g/mol. The summed E-state index contributed by atoms with van der Waals surface area (Å²) in [5.74, 6) is -2.87. The molecular formula is C22H18ClF5N4O. The Morgan fingerprint density at radius 1 is 1.12 bits per heavy atom. The van der Waals surface area contributed by atoms with Crippen molar-refractivity contribution < 1.29 is 26.7 Å². The molecule has 1 amide bonds. The van der Waals surface area contributed by atoms with E-state index in [0.29, 0.717) is 29.9 Å². The highest BCUT2D eigenvalue weighted by Gasteiger charge is 2.40. The molecule has 0 spiro atoms. The third kappa shape index (κ3) is 4.95. The molecule has 4 rings (SSSR count). The summed E-state index contributed by atoms with van der Waals surface area (Å²) in [5.41, 5.74) is -1.22. The van der Waals surface area contributed by atoms with Gasteiger partial charge in [0, 0.05) is 36.4 Å². The number of hydrogen-bond acceptors (Lipinski definition) is 3. The van der Waals surface area contributed by atoms with Gasteiger partial charge < -0.3 is 10.2 Å². The number of amides is 1. The van der Waals surface area contributed by atoms with Crippen LogP contribution in [0.4, 0.5) is 27.6 Å². The highest BCUT2D eigenvalue weighted by atomic mass is 35.5. The number of carbonyl (C=O) groups is 1. The zero-order valence-corrected chi connectivity index (χ0v) is 17.8. The fraction of sp³-hybridized carbons (Fsp3) is 0.273. The zero-order valence-electron chi connectivity index (χ0n) is 17.0. The summed E-state index contributed by atoms with van der Waals surface area (Å²) in [6, 6.07) is 9.31. The number of alkyl halides is 3. The minimum Gasteiger partial charge on any atom is -0.371 e. The van der Waals surface area contributed by atoms with Gasteiger partial charge in [-0.05, 0) is 42.7 Å². The molecule has 1 aromatic heterocycles. The van der Waals surface area contributed by atoms with Crippen molar-refractivity contribution in [2.24, 2.45) is 5.92 Å². The number of nitrogens with one attached hydrogen (secondary N) is 1. The predicted octanol–water partition coefficient (Wildman–Crippen LogP) is 5.08. The average Bonchev–Trinajstić information content (AvgIpc) is 3.41. The van der Waals surface area contributed by atoms with Crippen LogP contribution in [0.15, 0.2) is 48.7 Å². The van der Waals surface area contributed by atoms with Crippen molar-refractivity contribution in [2.75, 3.05) is 24.5 Å². The Hall–Kier alpha value is -3.14. The maximum Gasteiger partial charge on any atom is 0.434 e. The van der Waals surface area contributed by atoms with Crippen LogP contribution in [0.5, 0.6) is 0 Å². The van der Waals surface area contributed by atoms with E-state index in [1.807, 2.05) is 4.90 Å². The van der Waals surface area contributed by atoms with E-state index >= 15 is 0 Å². The Labute approximate surface area is 190 Å². The van der Waals surface area contributed by atoms with Crippen LogP contribution >= 0.6 is 11.6 Å². The van der Waals surface area contributed by atoms with E-state index in [1.165, 1.54) is 30.3 Å². The number of carbonyl (C=O) groups excluding carboxylic acids is 1. The van der Waals surface area contributed by atoms with Gasteiger partial charge in [0.15, 0.2) is 17.3 Å². The first kappa shape index (κ1) is 23.0. The summed E-state index contributed by atoms with van der Waals surface area (Å²) in [5, 5.41) is 6.54. The Morgan fingerprint density at radius 3 is 2.61 bits per heavy atom. The Morgan fingerprint density at radius 2 is 1.91 bits per heavy atom. The van der Waals surface area contributed by atoms with Crippen LogP contribution in [0.3, 0.4) is 0 Å². The number of benzene rings is 2. The molecule has 1 aliphatic heterocycles. The lowest BCUT2D eigenvalue weighted by Gasteiger charge is -2.19. The average molecular weight is 485 g/mol. The molecule has 11 heteroatoms. The topological polar surface area (TPSA) is 50.2 Å². The van der Waals surface area contributed by atoms with Gasteiger partial charge in [-0.15, -0.1) is 0 Å². The minimum atomic E-state index is -4.83. The molecule has 0 saturated carbocycles. The van der Waals surface area contributed by atoms with Gasteiger partial charge in [-0.3, -0.25) is 4.79 Å². The van der Waals surface area contributed by atoms with Crippen LogP contribution in [0.1, 0.15) is 22.5 Å². The first-order valence-corrected chi connectivity index (χ1v) is 10.4. The van der Waals surface area contributed by atoms with E-state index in [-0.39, 0.29) is 23.2 Å². The van der Waals surface area contributed by atoms with Crippen LogP contribution in [-0.2, 0) is 6.18 Å². The molecule has 2 aromatic carbocycles. The van der Waals surface area contributed by atoms with Gasteiger partial charge in [0.1, 0.15) is 0 Å². The van der Waals surface area contributed by atoms with Gasteiger partial charge in [-0.25, -0.2) is 13.5 Å². The third-order valence-electron chi connectivity index (χ3n) is 5.44. The van der Waals surface area contributed by atoms with E-state index in [9.17, 15) is 26.7 Å². The molecule has 2 heterocycles. The van der Waals surface area contributed by atoms with Crippen molar-refractivity contribution in [1.82, 2.24) is 15.1 Å². The summed E-state index contributed by atoms with van der Waals surface area (Å²) in [7, 11) is 0. The first-order valence-electron chi connectivity index (χ1n) is 10.0. The molecule has 174 valence electrons. The second-order valence-corrected chi connectivity index (χ2v) is 8.14. The van der Waals surface area contributed by atoms with Gasteiger partial charge in [0.05, 0.1) is 17.4 Å². The van der Waals surface area contributed by atoms with Crippen LogP contribution in [0.25, 0.3) is 5.69 Å². The van der Waals surface area contributed by atoms with E-state index in [2.05, 4.69) is 10.4 Å². The minimum absolute atomic E-state index is 0.0700. The van der Waals surface area contributed by atoms with Crippen molar-refractivity contribution in [2.45, 2.75) is 12.6 Å². The molecule has 1 atom stereocenters. The number of nitrogens with zero attached hydrogens (tertiary/aromatic N) is 3. The lowest BCUT2D eigenvalue weighted by Crippen LogP contribution is -2.32. The summed E-state index contributed by atoms with van der Waals surface area (Å²) < 4.78 is 68.6. The van der Waals surface area contributed by atoms with Gasteiger partial charge in [-0.2, -0.15) is 18.3 Å². The lowest BCUT2D eigenvalue weighted by molar-refractivity contribution is -0.143. The van der Waals surface area contributed by atoms with Crippen LogP contribution in [0.2, 0.25) is 5.02 Å². The third-order valence-corrected chi connectivity index (χ3v) is 5.68. The molecular weight excluding hydrogens is 467 g/mol. The number of rotatable bonds is 5. The molecule has 5 nitrogen and oxygen atoms in total. The van der Waals surface area contributed by atoms with Crippen LogP contribution in [0, 0.1) is 17.6 Å². The quantitative estimate of drug-likeness (QED) is 0.514. The molecule has 0 bridgehead atoms. The van der Waals surface area contributed by atoms with Gasteiger partial charge >= 0.3 is 6.18 Å². The molecule has 33 heavy (non-hydrogen) atoms. The second-order valence-electron chi connectivity index (χ2n) is 7.71. The standard InChI is InChI=1S/C22H18ClF5N4O/c23-14-2-1-3-16(8-14)32-20(22(26,27)28)17(11-30-32)21(33)29-10-13-6-7-31(12-13)15-4-5-18(24)19(25)9-15/h1-5,8-9,11,13H,6-7,10,12H2,(H,29,33). The number of anilines is 1.